The van der Waals surface area contributed by atoms with Crippen LogP contribution in [0.1, 0.15) is 37.7 Å². The fourth-order valence-electron chi connectivity index (χ4n) is 2.29. The number of nitrogens with one attached hydrogen (secondary N) is 2. The minimum absolute atomic E-state index is 0.344. The highest BCUT2D eigenvalue weighted by Gasteiger charge is 2.04. The van der Waals surface area contributed by atoms with Crippen LogP contribution in [0.2, 0.25) is 0 Å². The molecule has 23 heavy (non-hydrogen) atoms. The molecule has 1 amide bonds. The number of unbranched alkanes of at least 4 members (excludes halogenated alkanes) is 3. The van der Waals surface area contributed by atoms with E-state index in [0.717, 1.165) is 48.9 Å². The van der Waals surface area contributed by atoms with Gasteiger partial charge in [-0.3, -0.25) is 10.0 Å². The van der Waals surface area contributed by atoms with E-state index in [1.165, 1.54) is 6.33 Å². The van der Waals surface area contributed by atoms with Crippen LogP contribution in [-0.2, 0) is 4.79 Å². The van der Waals surface area contributed by atoms with Crippen molar-refractivity contribution in [3.05, 3.63) is 30.1 Å². The van der Waals surface area contributed by atoms with Gasteiger partial charge in [0.15, 0.2) is 0 Å². The third kappa shape index (κ3) is 4.90. The van der Waals surface area contributed by atoms with E-state index < -0.39 is 0 Å². The summed E-state index contributed by atoms with van der Waals surface area (Å²) in [5.74, 6) is 0.385. The van der Waals surface area contributed by atoms with Gasteiger partial charge in [0.1, 0.15) is 12.1 Å². The first-order valence-corrected chi connectivity index (χ1v) is 7.56. The average molecular weight is 313 g/mol. The smallest absolute Gasteiger partial charge is 0.243 e. The Morgan fingerprint density at radius 1 is 1.22 bits per heavy atom. The predicted molar refractivity (Wildman–Crippen MR) is 85.8 cm³/mol. The molecule has 1 heterocycles. The Balaban J connectivity index is 1.81. The molecule has 7 nitrogen and oxygen atoms in total. The summed E-state index contributed by atoms with van der Waals surface area (Å²) in [5, 5.41) is 21.5. The first-order chi connectivity index (χ1) is 11.2. The number of carbonyl (C=O) groups is 1. The summed E-state index contributed by atoms with van der Waals surface area (Å²) in [6.45, 7) is 0.759. The summed E-state index contributed by atoms with van der Waals surface area (Å²) in [6, 6.07) is 7.45. The van der Waals surface area contributed by atoms with Crippen molar-refractivity contribution in [2.75, 3.05) is 11.9 Å². The molecule has 0 fully saturated rings. The van der Waals surface area contributed by atoms with E-state index >= 15 is 0 Å². The van der Waals surface area contributed by atoms with Crippen LogP contribution >= 0.6 is 0 Å². The van der Waals surface area contributed by atoms with Crippen LogP contribution in [0.4, 0.5) is 5.82 Å². The van der Waals surface area contributed by atoms with Crippen LogP contribution in [-0.4, -0.2) is 27.6 Å². The van der Waals surface area contributed by atoms with Gasteiger partial charge in [-0.05, 0) is 31.0 Å². The van der Waals surface area contributed by atoms with Crippen molar-refractivity contribution in [3.8, 4) is 6.07 Å². The van der Waals surface area contributed by atoms with E-state index in [9.17, 15) is 4.79 Å². The lowest BCUT2D eigenvalue weighted by Crippen LogP contribution is -2.17. The molecule has 120 valence electrons. The maximum atomic E-state index is 10.9. The lowest BCUT2D eigenvalue weighted by Gasteiger charge is -2.08. The number of hydrogen-bond acceptors (Lipinski definition) is 6. The number of benzene rings is 1. The van der Waals surface area contributed by atoms with Gasteiger partial charge in [0.2, 0.25) is 5.91 Å². The number of rotatable bonds is 8. The van der Waals surface area contributed by atoms with Crippen molar-refractivity contribution in [2.45, 2.75) is 32.1 Å². The monoisotopic (exact) mass is 313 g/mol. The zero-order valence-electron chi connectivity index (χ0n) is 12.7. The Kier molecular flexibility index (Phi) is 6.27. The highest BCUT2D eigenvalue weighted by molar-refractivity contribution is 5.89. The molecule has 0 atom stereocenters. The molecule has 0 aliphatic carbocycles. The number of anilines is 1. The first kappa shape index (κ1) is 16.6. The van der Waals surface area contributed by atoms with Crippen LogP contribution in [0.25, 0.3) is 10.9 Å². The number of nitriles is 1. The summed E-state index contributed by atoms with van der Waals surface area (Å²) in [5.41, 5.74) is 3.01. The maximum absolute atomic E-state index is 10.9. The van der Waals surface area contributed by atoms with Crippen molar-refractivity contribution in [3.63, 3.8) is 0 Å². The van der Waals surface area contributed by atoms with Gasteiger partial charge in [0.05, 0.1) is 17.1 Å². The van der Waals surface area contributed by atoms with Crippen molar-refractivity contribution in [2.24, 2.45) is 0 Å². The normalized spacial score (nSPS) is 10.3. The fourth-order valence-corrected chi connectivity index (χ4v) is 2.29. The number of hydroxylamine groups is 1. The first-order valence-electron chi connectivity index (χ1n) is 7.56. The van der Waals surface area contributed by atoms with E-state index in [1.807, 2.05) is 6.07 Å². The van der Waals surface area contributed by atoms with E-state index in [1.54, 1.807) is 17.6 Å². The summed E-state index contributed by atoms with van der Waals surface area (Å²) in [7, 11) is 0. The van der Waals surface area contributed by atoms with Gasteiger partial charge in [-0.25, -0.2) is 15.4 Å². The topological polar surface area (TPSA) is 111 Å². The van der Waals surface area contributed by atoms with Gasteiger partial charge in [-0.2, -0.15) is 5.26 Å². The zero-order valence-corrected chi connectivity index (χ0v) is 12.7. The second-order valence-corrected chi connectivity index (χ2v) is 5.19. The number of nitrogens with zero attached hydrogens (tertiary/aromatic N) is 3. The minimum atomic E-state index is -0.344. The molecule has 1 aromatic carbocycles. The molecule has 0 bridgehead atoms. The molecule has 0 aliphatic heterocycles. The van der Waals surface area contributed by atoms with Gasteiger partial charge in [-0.1, -0.05) is 12.8 Å². The summed E-state index contributed by atoms with van der Waals surface area (Å²) in [6.07, 6.45) is 5.47. The molecule has 0 saturated carbocycles. The van der Waals surface area contributed by atoms with Crippen molar-refractivity contribution in [1.29, 1.82) is 5.26 Å². The summed E-state index contributed by atoms with van der Waals surface area (Å²) in [4.78, 5) is 19.3. The molecular formula is C16H19N5O2. The van der Waals surface area contributed by atoms with Gasteiger partial charge >= 0.3 is 0 Å². The van der Waals surface area contributed by atoms with E-state index in [0.29, 0.717) is 12.0 Å². The van der Waals surface area contributed by atoms with Gasteiger partial charge in [-0.15, -0.1) is 0 Å². The number of hydrogen-bond donors (Lipinski definition) is 3. The second-order valence-electron chi connectivity index (χ2n) is 5.19. The molecule has 2 aromatic rings. The standard InChI is InChI=1S/C16H19N5O2/c17-10-12-6-7-14-13(9-12)16(20-11-19-14)18-8-4-2-1-3-5-15(22)21-23/h6-7,9,11,23H,1-5,8H2,(H,21,22)(H,18,19,20). The number of fused-ring (bicyclic) bond motifs is 1. The third-order valence-corrected chi connectivity index (χ3v) is 3.51. The molecule has 3 N–H and O–H groups in total. The molecule has 0 saturated heterocycles. The zero-order chi connectivity index (χ0) is 16.5. The molecule has 0 aliphatic rings. The summed E-state index contributed by atoms with van der Waals surface area (Å²) < 4.78 is 0. The third-order valence-electron chi connectivity index (χ3n) is 3.51. The highest BCUT2D eigenvalue weighted by atomic mass is 16.5. The van der Waals surface area contributed by atoms with Crippen LogP contribution in [0, 0.1) is 11.3 Å². The average Bonchev–Trinajstić information content (AvgIpc) is 2.60. The lowest BCUT2D eigenvalue weighted by atomic mass is 10.1. The fraction of sp³-hybridized carbons (Fsp3) is 0.375. The predicted octanol–water partition coefficient (Wildman–Crippen LogP) is 2.37. The van der Waals surface area contributed by atoms with E-state index in [-0.39, 0.29) is 5.91 Å². The number of amides is 1. The van der Waals surface area contributed by atoms with Crippen LogP contribution in [0.15, 0.2) is 24.5 Å². The van der Waals surface area contributed by atoms with Crippen LogP contribution in [0.3, 0.4) is 0 Å². The van der Waals surface area contributed by atoms with Crippen molar-refractivity contribution >= 4 is 22.6 Å². The summed E-state index contributed by atoms with van der Waals surface area (Å²) >= 11 is 0. The Bertz CT molecular complexity index is 711. The number of carbonyl (C=O) groups excluding carboxylic acids is 1. The SMILES string of the molecule is N#Cc1ccc2ncnc(NCCCCCCC(=O)NO)c2c1. The molecule has 0 unspecified atom stereocenters. The Hall–Kier alpha value is -2.72. The second kappa shape index (κ2) is 8.66. The molecule has 1 aromatic heterocycles. The Morgan fingerprint density at radius 2 is 2.04 bits per heavy atom. The maximum Gasteiger partial charge on any atom is 0.243 e. The molecule has 0 spiro atoms. The van der Waals surface area contributed by atoms with Gasteiger partial charge < -0.3 is 5.32 Å². The van der Waals surface area contributed by atoms with Gasteiger partial charge in [0.25, 0.3) is 0 Å². The molecule has 0 radical (unpaired) electrons. The minimum Gasteiger partial charge on any atom is -0.369 e. The Labute approximate surface area is 134 Å². The van der Waals surface area contributed by atoms with E-state index in [2.05, 4.69) is 21.4 Å². The molecule has 2 rings (SSSR count). The molecule has 7 heteroatoms. The van der Waals surface area contributed by atoms with Crippen LogP contribution in [0.5, 0.6) is 0 Å². The largest absolute Gasteiger partial charge is 0.369 e. The number of aromatic nitrogens is 2. The van der Waals surface area contributed by atoms with Gasteiger partial charge in [0, 0.05) is 18.4 Å². The van der Waals surface area contributed by atoms with Crippen LogP contribution < -0.4 is 10.8 Å². The Morgan fingerprint density at radius 3 is 2.83 bits per heavy atom. The highest BCUT2D eigenvalue weighted by Crippen LogP contribution is 2.20. The lowest BCUT2D eigenvalue weighted by molar-refractivity contribution is -0.129. The quantitative estimate of drug-likeness (QED) is 0.392. The van der Waals surface area contributed by atoms with Crippen molar-refractivity contribution in [1.82, 2.24) is 15.4 Å². The molecular weight excluding hydrogens is 294 g/mol. The van der Waals surface area contributed by atoms with Crippen molar-refractivity contribution < 1.29 is 10.0 Å². The van der Waals surface area contributed by atoms with E-state index in [4.69, 9.17) is 10.5 Å².